The molecule has 15 heavy (non-hydrogen) atoms. The van der Waals surface area contributed by atoms with Crippen LogP contribution in [0.25, 0.3) is 0 Å². The Labute approximate surface area is 98.0 Å². The third-order valence-electron chi connectivity index (χ3n) is 2.31. The van der Waals surface area contributed by atoms with Crippen LogP contribution in [0.15, 0.2) is 4.47 Å². The van der Waals surface area contributed by atoms with Crippen LogP contribution in [0.2, 0.25) is 0 Å². The number of carbonyl (C=O) groups excluding carboxylic acids is 1. The lowest BCUT2D eigenvalue weighted by atomic mass is 9.97. The molecule has 0 aliphatic carbocycles. The molecule has 0 radical (unpaired) electrons. The van der Waals surface area contributed by atoms with E-state index >= 15 is 0 Å². The van der Waals surface area contributed by atoms with Crippen LogP contribution < -0.4 is 5.73 Å². The Morgan fingerprint density at radius 1 is 1.60 bits per heavy atom. The lowest BCUT2D eigenvalue weighted by molar-refractivity contribution is -0.122. The zero-order chi connectivity index (χ0) is 11.8. The van der Waals surface area contributed by atoms with Crippen LogP contribution in [0.4, 0.5) is 0 Å². The molecule has 0 spiro atoms. The molecule has 0 fully saturated rings. The zero-order valence-electron chi connectivity index (χ0n) is 9.47. The largest absolute Gasteiger partial charge is 0.319 e. The summed E-state index contributed by atoms with van der Waals surface area (Å²) in [5.74, 6) is 0.00574. The molecule has 1 rings (SSSR count). The van der Waals surface area contributed by atoms with Gasteiger partial charge in [0.1, 0.15) is 0 Å². The molecule has 0 atom stereocenters. The molecular weight excluding hydrogens is 258 g/mol. The Kier molecular flexibility index (Phi) is 3.35. The van der Waals surface area contributed by atoms with Gasteiger partial charge in [-0.3, -0.25) is 9.48 Å². The predicted octanol–water partition coefficient (Wildman–Crippen LogP) is 1.34. The highest BCUT2D eigenvalue weighted by Gasteiger charge is 2.24. The molecule has 1 aromatic rings. The molecule has 0 aliphatic heterocycles. The summed E-state index contributed by atoms with van der Waals surface area (Å²) in [7, 11) is 1.82. The van der Waals surface area contributed by atoms with Crippen molar-refractivity contribution in [1.82, 2.24) is 9.78 Å². The lowest BCUT2D eigenvalue weighted by Gasteiger charge is -2.16. The van der Waals surface area contributed by atoms with Gasteiger partial charge in [0.25, 0.3) is 0 Å². The molecule has 4 nitrogen and oxygen atoms in total. The lowest BCUT2D eigenvalue weighted by Crippen LogP contribution is -2.42. The van der Waals surface area contributed by atoms with Crippen LogP contribution in [-0.2, 0) is 18.3 Å². The second-order valence-electron chi connectivity index (χ2n) is 4.29. The summed E-state index contributed by atoms with van der Waals surface area (Å²) in [5, 5.41) is 4.22. The van der Waals surface area contributed by atoms with Crippen molar-refractivity contribution < 1.29 is 4.79 Å². The number of carbonyl (C=O) groups is 1. The van der Waals surface area contributed by atoms with Gasteiger partial charge in [-0.2, -0.15) is 5.10 Å². The summed E-state index contributed by atoms with van der Waals surface area (Å²) in [4.78, 5) is 11.8. The van der Waals surface area contributed by atoms with Crippen molar-refractivity contribution in [1.29, 1.82) is 0 Å². The fourth-order valence-electron chi connectivity index (χ4n) is 1.25. The van der Waals surface area contributed by atoms with Gasteiger partial charge < -0.3 is 5.73 Å². The Morgan fingerprint density at radius 2 is 2.13 bits per heavy atom. The molecular formula is C10H16BrN3O. The quantitative estimate of drug-likeness (QED) is 0.904. The number of nitrogens with zero attached hydrogens (tertiary/aromatic N) is 2. The number of aromatic nitrogens is 2. The topological polar surface area (TPSA) is 60.9 Å². The number of rotatable bonds is 3. The third kappa shape index (κ3) is 2.66. The molecule has 0 aromatic carbocycles. The van der Waals surface area contributed by atoms with Crippen molar-refractivity contribution in [2.75, 3.05) is 0 Å². The van der Waals surface area contributed by atoms with Crippen LogP contribution in [0.1, 0.15) is 25.2 Å². The molecule has 2 N–H and O–H groups in total. The summed E-state index contributed by atoms with van der Waals surface area (Å²) < 4.78 is 2.60. The highest BCUT2D eigenvalue weighted by Crippen LogP contribution is 2.21. The first-order chi connectivity index (χ1) is 6.73. The van der Waals surface area contributed by atoms with Gasteiger partial charge in [0.05, 0.1) is 27.8 Å². The monoisotopic (exact) mass is 273 g/mol. The highest BCUT2D eigenvalue weighted by molar-refractivity contribution is 9.10. The van der Waals surface area contributed by atoms with Gasteiger partial charge in [-0.15, -0.1) is 0 Å². The number of hydrogen-bond acceptors (Lipinski definition) is 3. The van der Waals surface area contributed by atoms with Gasteiger partial charge >= 0.3 is 0 Å². The van der Waals surface area contributed by atoms with Crippen molar-refractivity contribution in [2.24, 2.45) is 12.8 Å². The van der Waals surface area contributed by atoms with Gasteiger partial charge in [0.15, 0.2) is 5.78 Å². The van der Waals surface area contributed by atoms with E-state index in [9.17, 15) is 4.79 Å². The number of aryl methyl sites for hydroxylation is 2. The van der Waals surface area contributed by atoms with E-state index in [0.717, 1.165) is 15.9 Å². The molecule has 0 saturated heterocycles. The fraction of sp³-hybridized carbons (Fsp3) is 0.600. The standard InChI is InChI=1S/C10H16BrN3O/c1-6-9(11)7(14(4)13-6)5-8(15)10(2,3)12/h5,12H2,1-4H3. The Hall–Kier alpha value is -0.680. The minimum atomic E-state index is -0.794. The number of hydrogen-bond donors (Lipinski definition) is 1. The zero-order valence-corrected chi connectivity index (χ0v) is 11.1. The highest BCUT2D eigenvalue weighted by atomic mass is 79.9. The van der Waals surface area contributed by atoms with E-state index in [0.29, 0.717) is 6.42 Å². The summed E-state index contributed by atoms with van der Waals surface area (Å²) in [6.45, 7) is 5.32. The number of halogens is 1. The Morgan fingerprint density at radius 3 is 2.47 bits per heavy atom. The third-order valence-corrected chi connectivity index (χ3v) is 3.34. The van der Waals surface area contributed by atoms with Gasteiger partial charge in [-0.1, -0.05) is 0 Å². The average molecular weight is 274 g/mol. The molecule has 0 unspecified atom stereocenters. The minimum absolute atomic E-state index is 0.00574. The van der Waals surface area contributed by atoms with E-state index in [-0.39, 0.29) is 5.78 Å². The fourth-order valence-corrected chi connectivity index (χ4v) is 1.73. The van der Waals surface area contributed by atoms with Gasteiger partial charge in [-0.05, 0) is 36.7 Å². The predicted molar refractivity (Wildman–Crippen MR) is 62.6 cm³/mol. The molecule has 0 bridgehead atoms. The normalized spacial score (nSPS) is 11.9. The summed E-state index contributed by atoms with van der Waals surface area (Å²) >= 11 is 3.42. The molecule has 1 aromatic heterocycles. The van der Waals surface area contributed by atoms with E-state index in [1.54, 1.807) is 18.5 Å². The average Bonchev–Trinajstić information content (AvgIpc) is 2.30. The Balaban J connectivity index is 2.95. The first kappa shape index (κ1) is 12.4. The summed E-state index contributed by atoms with van der Waals surface area (Å²) in [5.41, 5.74) is 6.70. The van der Waals surface area contributed by atoms with E-state index in [2.05, 4.69) is 21.0 Å². The van der Waals surface area contributed by atoms with Crippen molar-refractivity contribution in [3.63, 3.8) is 0 Å². The number of nitrogens with two attached hydrogens (primary N) is 1. The van der Waals surface area contributed by atoms with E-state index < -0.39 is 5.54 Å². The molecule has 84 valence electrons. The van der Waals surface area contributed by atoms with E-state index in [1.807, 2.05) is 14.0 Å². The molecule has 0 aliphatic rings. The second-order valence-corrected chi connectivity index (χ2v) is 5.08. The first-order valence-electron chi connectivity index (χ1n) is 4.73. The molecule has 0 saturated carbocycles. The second kappa shape index (κ2) is 4.06. The van der Waals surface area contributed by atoms with Crippen LogP contribution in [0, 0.1) is 6.92 Å². The first-order valence-corrected chi connectivity index (χ1v) is 5.53. The Bertz CT molecular complexity index is 390. The summed E-state index contributed by atoms with van der Waals surface area (Å²) in [6.07, 6.45) is 0.307. The van der Waals surface area contributed by atoms with Gasteiger partial charge in [0, 0.05) is 7.05 Å². The number of ketones is 1. The number of Topliss-reactive ketones (excluding diaryl/α,β-unsaturated/α-hetero) is 1. The molecule has 1 heterocycles. The molecule has 0 amide bonds. The maximum absolute atomic E-state index is 11.8. The van der Waals surface area contributed by atoms with Crippen molar-refractivity contribution in [3.05, 3.63) is 15.9 Å². The van der Waals surface area contributed by atoms with Gasteiger partial charge in [-0.25, -0.2) is 0 Å². The smallest absolute Gasteiger partial charge is 0.158 e. The van der Waals surface area contributed by atoms with Gasteiger partial charge in [0.2, 0.25) is 0 Å². The van der Waals surface area contributed by atoms with Crippen molar-refractivity contribution in [2.45, 2.75) is 32.7 Å². The summed E-state index contributed by atoms with van der Waals surface area (Å²) in [6, 6.07) is 0. The maximum atomic E-state index is 11.8. The minimum Gasteiger partial charge on any atom is -0.319 e. The van der Waals surface area contributed by atoms with Crippen molar-refractivity contribution in [3.8, 4) is 0 Å². The molecule has 5 heteroatoms. The van der Waals surface area contributed by atoms with E-state index in [1.165, 1.54) is 0 Å². The van der Waals surface area contributed by atoms with Crippen LogP contribution in [0.5, 0.6) is 0 Å². The maximum Gasteiger partial charge on any atom is 0.158 e. The van der Waals surface area contributed by atoms with Crippen LogP contribution >= 0.6 is 15.9 Å². The SMILES string of the molecule is Cc1nn(C)c(CC(=O)C(C)(C)N)c1Br. The van der Waals surface area contributed by atoms with E-state index in [4.69, 9.17) is 5.73 Å². The van der Waals surface area contributed by atoms with Crippen LogP contribution in [0.3, 0.4) is 0 Å². The van der Waals surface area contributed by atoms with Crippen LogP contribution in [-0.4, -0.2) is 21.1 Å². The van der Waals surface area contributed by atoms with Crippen molar-refractivity contribution >= 4 is 21.7 Å².